The Morgan fingerprint density at radius 1 is 1.45 bits per heavy atom. The highest BCUT2D eigenvalue weighted by molar-refractivity contribution is 8.01. The minimum Gasteiger partial charge on any atom is -0.369 e. The lowest BCUT2D eigenvalue weighted by molar-refractivity contribution is 0.454. The minimum absolute atomic E-state index is 0.512. The third-order valence-electron chi connectivity index (χ3n) is 3.65. The van der Waals surface area contributed by atoms with Crippen molar-refractivity contribution in [2.45, 2.75) is 29.9 Å². The lowest BCUT2D eigenvalue weighted by Gasteiger charge is -2.22. The van der Waals surface area contributed by atoms with Crippen molar-refractivity contribution in [1.82, 2.24) is 24.9 Å². The summed E-state index contributed by atoms with van der Waals surface area (Å²) in [6.45, 7) is 5.00. The monoisotopic (exact) mass is 336 g/mol. The lowest BCUT2D eigenvalue weighted by Crippen LogP contribution is -2.28. The van der Waals surface area contributed by atoms with Crippen molar-refractivity contribution in [3.63, 3.8) is 0 Å². The molecule has 1 saturated heterocycles. The average molecular weight is 336 g/mol. The number of aromatic nitrogens is 4. The Labute approximate surface area is 138 Å². The molecule has 2 aromatic heterocycles. The van der Waals surface area contributed by atoms with E-state index in [1.807, 2.05) is 6.92 Å². The van der Waals surface area contributed by atoms with E-state index in [0.717, 1.165) is 42.6 Å². The number of hydrogen-bond acceptors (Lipinski definition) is 8. The van der Waals surface area contributed by atoms with E-state index >= 15 is 0 Å². The molecule has 0 radical (unpaired) electrons. The second-order valence-corrected chi connectivity index (χ2v) is 7.41. The molecule has 0 bridgehead atoms. The Morgan fingerprint density at radius 3 is 3.18 bits per heavy atom. The molecule has 1 aliphatic rings. The fraction of sp³-hybridized carbons (Fsp3) is 0.571. The maximum atomic E-state index is 4.43. The molecule has 1 aliphatic heterocycles. The molecule has 0 amide bonds. The second kappa shape index (κ2) is 7.85. The van der Waals surface area contributed by atoms with Crippen LogP contribution in [-0.2, 0) is 0 Å². The highest BCUT2D eigenvalue weighted by atomic mass is 32.2. The summed E-state index contributed by atoms with van der Waals surface area (Å²) in [5.74, 6) is 2.39. The lowest BCUT2D eigenvalue weighted by atomic mass is 9.96. The zero-order valence-electron chi connectivity index (χ0n) is 12.6. The number of rotatable bonds is 6. The molecule has 118 valence electrons. The van der Waals surface area contributed by atoms with Crippen LogP contribution in [0.15, 0.2) is 16.6 Å². The van der Waals surface area contributed by atoms with Crippen molar-refractivity contribution in [2.75, 3.05) is 30.7 Å². The summed E-state index contributed by atoms with van der Waals surface area (Å²) in [7, 11) is 0. The molecule has 6 nitrogen and oxygen atoms in total. The van der Waals surface area contributed by atoms with Gasteiger partial charge in [-0.3, -0.25) is 0 Å². The number of anilines is 1. The van der Waals surface area contributed by atoms with E-state index in [1.54, 1.807) is 18.1 Å². The van der Waals surface area contributed by atoms with Crippen LogP contribution in [0.4, 0.5) is 5.82 Å². The number of thioether (sulfide) groups is 1. The van der Waals surface area contributed by atoms with Crippen molar-refractivity contribution in [3.05, 3.63) is 23.8 Å². The Kier molecular flexibility index (Phi) is 5.58. The predicted octanol–water partition coefficient (Wildman–Crippen LogP) is 2.31. The topological polar surface area (TPSA) is 75.6 Å². The molecule has 2 aromatic rings. The summed E-state index contributed by atoms with van der Waals surface area (Å²) in [5.41, 5.74) is 2.16. The maximum Gasteiger partial charge on any atom is 0.129 e. The molecule has 2 N–H and O–H groups in total. The van der Waals surface area contributed by atoms with Crippen molar-refractivity contribution in [1.29, 1.82) is 0 Å². The van der Waals surface area contributed by atoms with Crippen molar-refractivity contribution in [3.8, 4) is 0 Å². The normalized spacial score (nSPS) is 18.3. The van der Waals surface area contributed by atoms with Gasteiger partial charge >= 0.3 is 0 Å². The molecular weight excluding hydrogens is 316 g/mol. The van der Waals surface area contributed by atoms with Crippen LogP contribution < -0.4 is 10.6 Å². The average Bonchev–Trinajstić information content (AvgIpc) is 2.98. The third kappa shape index (κ3) is 4.15. The molecule has 22 heavy (non-hydrogen) atoms. The summed E-state index contributed by atoms with van der Waals surface area (Å²) in [6.07, 6.45) is 4.09. The van der Waals surface area contributed by atoms with E-state index in [9.17, 15) is 0 Å². The SMILES string of the molecule is Cc1nnsc1SCCNc1cc(C2CCCNC2)ncn1. The largest absolute Gasteiger partial charge is 0.369 e. The molecule has 1 atom stereocenters. The maximum absolute atomic E-state index is 4.43. The van der Waals surface area contributed by atoms with Crippen LogP contribution in [0.5, 0.6) is 0 Å². The zero-order valence-corrected chi connectivity index (χ0v) is 14.2. The van der Waals surface area contributed by atoms with Crippen LogP contribution >= 0.6 is 23.3 Å². The number of piperidine rings is 1. The molecule has 3 heterocycles. The quantitative estimate of drug-likeness (QED) is 0.619. The highest BCUT2D eigenvalue weighted by Crippen LogP contribution is 2.24. The van der Waals surface area contributed by atoms with Crippen LogP contribution in [0.25, 0.3) is 0 Å². The van der Waals surface area contributed by atoms with Crippen LogP contribution in [0.1, 0.15) is 30.1 Å². The van der Waals surface area contributed by atoms with Crippen LogP contribution in [0.2, 0.25) is 0 Å². The van der Waals surface area contributed by atoms with Gasteiger partial charge in [-0.05, 0) is 37.8 Å². The van der Waals surface area contributed by atoms with Gasteiger partial charge in [0.05, 0.1) is 11.4 Å². The number of nitrogens with zero attached hydrogens (tertiary/aromatic N) is 4. The van der Waals surface area contributed by atoms with Gasteiger partial charge in [0.2, 0.25) is 0 Å². The Balaban J connectivity index is 1.49. The molecule has 0 spiro atoms. The van der Waals surface area contributed by atoms with Gasteiger partial charge in [-0.1, -0.05) is 4.49 Å². The van der Waals surface area contributed by atoms with Gasteiger partial charge in [0.1, 0.15) is 16.4 Å². The standard InChI is InChI=1S/C14H20N6S2/c1-10-14(22-20-19-10)21-6-5-16-13-7-12(17-9-18-13)11-3-2-4-15-8-11/h7,9,11,15H,2-6,8H2,1H3,(H,16,17,18). The fourth-order valence-corrected chi connectivity index (χ4v) is 4.09. The summed E-state index contributed by atoms with van der Waals surface area (Å²) >= 11 is 3.24. The number of hydrogen-bond donors (Lipinski definition) is 2. The molecule has 1 fully saturated rings. The fourth-order valence-electron chi connectivity index (χ4n) is 2.48. The first-order chi connectivity index (χ1) is 10.8. The minimum atomic E-state index is 0.512. The molecule has 1 unspecified atom stereocenters. The first kappa shape index (κ1) is 15.6. The van der Waals surface area contributed by atoms with E-state index in [4.69, 9.17) is 0 Å². The zero-order chi connectivity index (χ0) is 15.2. The molecular formula is C14H20N6S2. The van der Waals surface area contributed by atoms with Crippen molar-refractivity contribution in [2.24, 2.45) is 0 Å². The van der Waals surface area contributed by atoms with Gasteiger partial charge < -0.3 is 10.6 Å². The van der Waals surface area contributed by atoms with Crippen molar-refractivity contribution >= 4 is 29.1 Å². The highest BCUT2D eigenvalue weighted by Gasteiger charge is 2.16. The summed E-state index contributed by atoms with van der Waals surface area (Å²) < 4.78 is 5.14. The summed E-state index contributed by atoms with van der Waals surface area (Å²) in [6, 6.07) is 2.09. The Hall–Kier alpha value is -1.25. The first-order valence-corrected chi connectivity index (χ1v) is 9.27. The molecule has 0 aromatic carbocycles. The number of nitrogens with one attached hydrogen (secondary N) is 2. The number of aryl methyl sites for hydroxylation is 1. The third-order valence-corrected chi connectivity index (χ3v) is 5.82. The van der Waals surface area contributed by atoms with Crippen LogP contribution in [-0.4, -0.2) is 44.9 Å². The molecule has 8 heteroatoms. The molecule has 3 rings (SSSR count). The van der Waals surface area contributed by atoms with Crippen LogP contribution in [0.3, 0.4) is 0 Å². The van der Waals surface area contributed by atoms with Gasteiger partial charge in [-0.2, -0.15) is 0 Å². The van der Waals surface area contributed by atoms with Gasteiger partial charge in [0.15, 0.2) is 0 Å². The van der Waals surface area contributed by atoms with E-state index < -0.39 is 0 Å². The van der Waals surface area contributed by atoms with Gasteiger partial charge in [0, 0.05) is 30.8 Å². The van der Waals surface area contributed by atoms with Gasteiger partial charge in [0.25, 0.3) is 0 Å². The van der Waals surface area contributed by atoms with Crippen LogP contribution in [0, 0.1) is 6.92 Å². The Bertz CT molecular complexity index is 597. The molecule has 0 aliphatic carbocycles. The predicted molar refractivity (Wildman–Crippen MR) is 90.7 cm³/mol. The van der Waals surface area contributed by atoms with Gasteiger partial charge in [-0.15, -0.1) is 16.9 Å². The summed E-state index contributed by atoms with van der Waals surface area (Å²) in [5, 5.41) is 10.8. The Morgan fingerprint density at radius 2 is 2.41 bits per heavy atom. The van der Waals surface area contributed by atoms with E-state index in [1.165, 1.54) is 28.6 Å². The summed E-state index contributed by atoms with van der Waals surface area (Å²) in [4.78, 5) is 8.74. The van der Waals surface area contributed by atoms with Crippen molar-refractivity contribution < 1.29 is 0 Å². The first-order valence-electron chi connectivity index (χ1n) is 7.51. The smallest absolute Gasteiger partial charge is 0.129 e. The van der Waals surface area contributed by atoms with E-state index in [0.29, 0.717) is 5.92 Å². The van der Waals surface area contributed by atoms with Gasteiger partial charge in [-0.25, -0.2) is 9.97 Å². The molecule has 0 saturated carbocycles. The second-order valence-electron chi connectivity index (χ2n) is 5.29. The van der Waals surface area contributed by atoms with E-state index in [-0.39, 0.29) is 0 Å². The van der Waals surface area contributed by atoms with E-state index in [2.05, 4.69) is 36.3 Å².